The maximum Gasteiger partial charge on any atom is 0.320 e. The van der Waals surface area contributed by atoms with Crippen molar-refractivity contribution in [3.63, 3.8) is 0 Å². The minimum atomic E-state index is -0.696. The van der Waals surface area contributed by atoms with Gasteiger partial charge in [0.1, 0.15) is 6.04 Å². The molecule has 0 aromatic heterocycles. The lowest BCUT2D eigenvalue weighted by atomic mass is 9.84. The van der Waals surface area contributed by atoms with Gasteiger partial charge in [0.2, 0.25) is 0 Å². The third kappa shape index (κ3) is 6.93. The fourth-order valence-electron chi connectivity index (χ4n) is 6.16. The van der Waals surface area contributed by atoms with Gasteiger partial charge in [0.15, 0.2) is 0 Å². The van der Waals surface area contributed by atoms with Crippen molar-refractivity contribution in [3.8, 4) is 0 Å². The maximum absolute atomic E-state index is 12.0. The minimum absolute atomic E-state index is 0.349. The van der Waals surface area contributed by atoms with Crippen molar-refractivity contribution >= 4 is 5.97 Å². The van der Waals surface area contributed by atoms with E-state index in [1.54, 1.807) is 0 Å². The second-order valence-electron chi connectivity index (χ2n) is 10.7. The fraction of sp³-hybridized carbons (Fsp3) is 0.567. The minimum Gasteiger partial charge on any atom is -0.480 e. The average Bonchev–Trinajstić information content (AvgIpc) is 3.28. The quantitative estimate of drug-likeness (QED) is 0.486. The van der Waals surface area contributed by atoms with E-state index >= 15 is 0 Å². The summed E-state index contributed by atoms with van der Waals surface area (Å²) < 4.78 is 0. The molecular formula is C30H42N2O3. The van der Waals surface area contributed by atoms with Crippen LogP contribution in [-0.2, 0) is 11.2 Å². The SMILES string of the molecule is CCCC(C(=O)O)N1CC(CN2CCC(O)(CCCc3ccccc3)CC2)C(c2ccccc2)C1. The van der Waals surface area contributed by atoms with E-state index in [1.165, 1.54) is 11.1 Å². The lowest BCUT2D eigenvalue weighted by Gasteiger charge is -2.40. The average molecular weight is 479 g/mol. The number of carbonyl (C=O) groups is 1. The Morgan fingerprint density at radius 1 is 1.03 bits per heavy atom. The third-order valence-corrected chi connectivity index (χ3v) is 8.21. The van der Waals surface area contributed by atoms with E-state index in [4.69, 9.17) is 0 Å². The first-order chi connectivity index (χ1) is 17.0. The van der Waals surface area contributed by atoms with Crippen molar-refractivity contribution in [3.05, 3.63) is 71.8 Å². The smallest absolute Gasteiger partial charge is 0.320 e. The van der Waals surface area contributed by atoms with E-state index in [0.29, 0.717) is 18.3 Å². The van der Waals surface area contributed by atoms with Gasteiger partial charge in [0, 0.05) is 38.6 Å². The predicted octanol–water partition coefficient (Wildman–Crippen LogP) is 4.81. The van der Waals surface area contributed by atoms with Crippen LogP contribution in [0.25, 0.3) is 0 Å². The highest BCUT2D eigenvalue weighted by Crippen LogP contribution is 2.36. The molecule has 0 saturated carbocycles. The van der Waals surface area contributed by atoms with Crippen LogP contribution in [0.4, 0.5) is 0 Å². The van der Waals surface area contributed by atoms with Gasteiger partial charge in [-0.05, 0) is 55.6 Å². The zero-order valence-corrected chi connectivity index (χ0v) is 21.2. The van der Waals surface area contributed by atoms with E-state index in [-0.39, 0.29) is 0 Å². The van der Waals surface area contributed by atoms with Crippen LogP contribution < -0.4 is 0 Å². The molecule has 5 heteroatoms. The summed E-state index contributed by atoms with van der Waals surface area (Å²) in [7, 11) is 0. The molecule has 3 atom stereocenters. The Bertz CT molecular complexity index is 912. The Labute approximate surface area is 210 Å². The van der Waals surface area contributed by atoms with Gasteiger partial charge in [0.25, 0.3) is 0 Å². The molecule has 35 heavy (non-hydrogen) atoms. The van der Waals surface area contributed by atoms with Crippen LogP contribution in [0.5, 0.6) is 0 Å². The number of aryl methyl sites for hydroxylation is 1. The number of hydrogen-bond acceptors (Lipinski definition) is 4. The van der Waals surface area contributed by atoms with E-state index in [0.717, 1.165) is 71.2 Å². The van der Waals surface area contributed by atoms with Crippen LogP contribution in [0.2, 0.25) is 0 Å². The van der Waals surface area contributed by atoms with Gasteiger partial charge in [-0.3, -0.25) is 9.69 Å². The summed E-state index contributed by atoms with van der Waals surface area (Å²) >= 11 is 0. The molecule has 2 fully saturated rings. The topological polar surface area (TPSA) is 64.0 Å². The molecular weight excluding hydrogens is 436 g/mol. The van der Waals surface area contributed by atoms with Gasteiger partial charge < -0.3 is 15.1 Å². The lowest BCUT2D eigenvalue weighted by molar-refractivity contribution is -0.143. The zero-order valence-electron chi connectivity index (χ0n) is 21.2. The molecule has 2 N–H and O–H groups in total. The molecule has 3 unspecified atom stereocenters. The van der Waals surface area contributed by atoms with Crippen LogP contribution in [0.15, 0.2) is 60.7 Å². The van der Waals surface area contributed by atoms with Crippen LogP contribution in [0.3, 0.4) is 0 Å². The third-order valence-electron chi connectivity index (χ3n) is 8.21. The summed E-state index contributed by atoms with van der Waals surface area (Å²) in [5.41, 5.74) is 2.10. The summed E-state index contributed by atoms with van der Waals surface area (Å²) in [5.74, 6) is 0.0554. The van der Waals surface area contributed by atoms with Crippen LogP contribution in [0, 0.1) is 5.92 Å². The molecule has 0 spiro atoms. The summed E-state index contributed by atoms with van der Waals surface area (Å²) in [5, 5.41) is 21.0. The number of nitrogens with zero attached hydrogens (tertiary/aromatic N) is 2. The molecule has 2 saturated heterocycles. The Balaban J connectivity index is 1.34. The maximum atomic E-state index is 12.0. The fourth-order valence-corrected chi connectivity index (χ4v) is 6.16. The van der Waals surface area contributed by atoms with E-state index in [9.17, 15) is 15.0 Å². The molecule has 2 heterocycles. The van der Waals surface area contributed by atoms with Gasteiger partial charge in [-0.25, -0.2) is 0 Å². The highest BCUT2D eigenvalue weighted by molar-refractivity contribution is 5.73. The van der Waals surface area contributed by atoms with E-state index in [1.807, 2.05) is 12.1 Å². The van der Waals surface area contributed by atoms with Gasteiger partial charge in [-0.15, -0.1) is 0 Å². The van der Waals surface area contributed by atoms with Gasteiger partial charge >= 0.3 is 5.97 Å². The van der Waals surface area contributed by atoms with E-state index in [2.05, 4.69) is 65.3 Å². The van der Waals surface area contributed by atoms with Crippen LogP contribution in [0.1, 0.15) is 62.5 Å². The lowest BCUT2D eigenvalue weighted by Crippen LogP contribution is -2.46. The number of benzene rings is 2. The zero-order chi connectivity index (χ0) is 24.7. The molecule has 0 aliphatic carbocycles. The summed E-state index contributed by atoms with van der Waals surface area (Å²) in [6.45, 7) is 6.49. The van der Waals surface area contributed by atoms with Crippen molar-refractivity contribution in [2.45, 2.75) is 69.4 Å². The molecule has 0 amide bonds. The van der Waals surface area contributed by atoms with Crippen molar-refractivity contribution < 1.29 is 15.0 Å². The van der Waals surface area contributed by atoms with E-state index < -0.39 is 17.6 Å². The molecule has 2 aliphatic rings. The number of carboxylic acids is 1. The second kappa shape index (κ2) is 12.2. The number of hydrogen-bond donors (Lipinski definition) is 2. The highest BCUT2D eigenvalue weighted by Gasteiger charge is 2.40. The van der Waals surface area contributed by atoms with Crippen molar-refractivity contribution in [2.24, 2.45) is 5.92 Å². The first-order valence-corrected chi connectivity index (χ1v) is 13.5. The largest absolute Gasteiger partial charge is 0.480 e. The number of aliphatic carboxylic acids is 1. The second-order valence-corrected chi connectivity index (χ2v) is 10.7. The molecule has 190 valence electrons. The number of aliphatic hydroxyl groups is 1. The molecule has 4 rings (SSSR count). The number of likely N-dealkylation sites (tertiary alicyclic amines) is 2. The van der Waals surface area contributed by atoms with Crippen molar-refractivity contribution in [2.75, 3.05) is 32.7 Å². The summed E-state index contributed by atoms with van der Waals surface area (Å²) in [6.07, 6.45) is 6.11. The molecule has 5 nitrogen and oxygen atoms in total. The van der Waals surface area contributed by atoms with Gasteiger partial charge in [-0.1, -0.05) is 74.0 Å². The standard InChI is InChI=1S/C30H42N2O3/c1-2-10-28(29(33)34)32-22-26(27(23-32)25-14-7-4-8-15-25)21-31-19-17-30(35,18-20-31)16-9-13-24-11-5-3-6-12-24/h3-8,11-12,14-15,26-28,35H,2,9-10,13,16-23H2,1H3,(H,33,34). The van der Waals surface area contributed by atoms with Crippen molar-refractivity contribution in [1.82, 2.24) is 9.80 Å². The first kappa shape index (κ1) is 25.9. The molecule has 2 aromatic rings. The van der Waals surface area contributed by atoms with Crippen LogP contribution in [-0.4, -0.2) is 70.3 Å². The van der Waals surface area contributed by atoms with Gasteiger partial charge in [0.05, 0.1) is 5.60 Å². The van der Waals surface area contributed by atoms with Crippen LogP contribution >= 0.6 is 0 Å². The normalized spacial score (nSPS) is 23.8. The monoisotopic (exact) mass is 478 g/mol. The first-order valence-electron chi connectivity index (χ1n) is 13.5. The number of carboxylic acid groups (broad SMARTS) is 1. The summed E-state index contributed by atoms with van der Waals surface area (Å²) in [4.78, 5) is 16.7. The molecule has 2 aromatic carbocycles. The molecule has 0 radical (unpaired) electrons. The van der Waals surface area contributed by atoms with Gasteiger partial charge in [-0.2, -0.15) is 0 Å². The molecule has 0 bridgehead atoms. The number of piperidine rings is 1. The number of rotatable bonds is 11. The molecule has 2 aliphatic heterocycles. The Morgan fingerprint density at radius 3 is 2.31 bits per heavy atom. The Kier molecular flexibility index (Phi) is 8.99. The predicted molar refractivity (Wildman–Crippen MR) is 141 cm³/mol. The highest BCUT2D eigenvalue weighted by atomic mass is 16.4. The Morgan fingerprint density at radius 2 is 1.69 bits per heavy atom. The summed E-state index contributed by atoms with van der Waals surface area (Å²) in [6, 6.07) is 20.7. The Hall–Kier alpha value is -2.21. The van der Waals surface area contributed by atoms with Crippen molar-refractivity contribution in [1.29, 1.82) is 0 Å².